The number of hydrogen-bond acceptors (Lipinski definition) is 11. The number of cyclic esters (lactones) is 2. The number of benzene rings is 1. The molecule has 0 amide bonds. The molecule has 15 heteroatoms. The minimum absolute atomic E-state index is 0.0186. The maximum Gasteiger partial charge on any atom is 0.338 e. The van der Waals surface area contributed by atoms with Crippen LogP contribution in [0, 0.1) is 5.41 Å². The molecule has 1 aliphatic heterocycles. The Bertz CT molecular complexity index is 929. The van der Waals surface area contributed by atoms with Crippen LogP contribution in [0.4, 0.5) is 0 Å². The van der Waals surface area contributed by atoms with E-state index in [4.69, 9.17) is 40.9 Å². The summed E-state index contributed by atoms with van der Waals surface area (Å²) in [5, 5.41) is 66.1. The van der Waals surface area contributed by atoms with E-state index >= 15 is 0 Å². The van der Waals surface area contributed by atoms with E-state index in [2.05, 4.69) is 4.74 Å². The van der Waals surface area contributed by atoms with Crippen LogP contribution in [-0.4, -0.2) is 103 Å². The first-order chi connectivity index (χ1) is 18.9. The zero-order valence-corrected chi connectivity index (χ0v) is 22.9. The lowest BCUT2D eigenvalue weighted by atomic mass is 9.97. The van der Waals surface area contributed by atoms with Crippen LogP contribution in [0.3, 0.4) is 0 Å². The molecular weight excluding hydrogens is 552 g/mol. The number of hydrogen-bond donors (Lipinski definition) is 8. The van der Waals surface area contributed by atoms with Gasteiger partial charge in [-0.1, -0.05) is 19.9 Å². The van der Waals surface area contributed by atoms with Gasteiger partial charge in [0.15, 0.2) is 0 Å². The molecular formula is C26H38O15. The van der Waals surface area contributed by atoms with Gasteiger partial charge >= 0.3 is 35.8 Å². The molecule has 0 bridgehead atoms. The van der Waals surface area contributed by atoms with Gasteiger partial charge in [-0.15, -0.1) is 0 Å². The lowest BCUT2D eigenvalue weighted by Gasteiger charge is -2.16. The number of ether oxygens (including phenoxy) is 1. The van der Waals surface area contributed by atoms with Crippen LogP contribution < -0.4 is 0 Å². The van der Waals surface area contributed by atoms with Crippen molar-refractivity contribution in [2.75, 3.05) is 19.8 Å². The first-order valence-corrected chi connectivity index (χ1v) is 11.9. The van der Waals surface area contributed by atoms with Gasteiger partial charge in [-0.05, 0) is 38.0 Å². The van der Waals surface area contributed by atoms with Crippen molar-refractivity contribution in [2.45, 2.75) is 52.6 Å². The summed E-state index contributed by atoms with van der Waals surface area (Å²) >= 11 is 0. The number of carbonyl (C=O) groups excluding carboxylic acids is 2. The normalized spacial score (nSPS) is 11.9. The Morgan fingerprint density at radius 1 is 0.780 bits per heavy atom. The fraction of sp³-hybridized carbons (Fsp3) is 0.462. The van der Waals surface area contributed by atoms with Crippen molar-refractivity contribution < 1.29 is 74.4 Å². The smallest absolute Gasteiger partial charge is 0.338 e. The van der Waals surface area contributed by atoms with E-state index in [9.17, 15) is 28.8 Å². The highest BCUT2D eigenvalue weighted by Crippen LogP contribution is 2.10. The van der Waals surface area contributed by atoms with Gasteiger partial charge in [-0.2, -0.15) is 0 Å². The highest BCUT2D eigenvalue weighted by atomic mass is 16.6. The van der Waals surface area contributed by atoms with Gasteiger partial charge in [0.1, 0.15) is 0 Å². The monoisotopic (exact) mass is 590 g/mol. The second kappa shape index (κ2) is 23.7. The Kier molecular flexibility index (Phi) is 23.9. The fourth-order valence-electron chi connectivity index (χ4n) is 1.69. The molecule has 232 valence electrons. The highest BCUT2D eigenvalue weighted by molar-refractivity contribution is 6.04. The van der Waals surface area contributed by atoms with Crippen LogP contribution >= 0.6 is 0 Å². The largest absolute Gasteiger partial charge is 0.481 e. The van der Waals surface area contributed by atoms with Crippen molar-refractivity contribution >= 4 is 35.8 Å². The molecule has 0 saturated carbocycles. The number of aliphatic hydroxyl groups excluding tert-OH is 4. The Balaban J connectivity index is -0.000000455. The van der Waals surface area contributed by atoms with E-state index in [1.807, 2.05) is 0 Å². The second-order valence-corrected chi connectivity index (χ2v) is 8.77. The third kappa shape index (κ3) is 28.6. The maximum atomic E-state index is 10.4. The summed E-state index contributed by atoms with van der Waals surface area (Å²) in [6.07, 6.45) is 2.63. The third-order valence-corrected chi connectivity index (χ3v) is 4.06. The second-order valence-electron chi connectivity index (χ2n) is 8.77. The summed E-state index contributed by atoms with van der Waals surface area (Å²) in [5.41, 5.74) is -0.343. The zero-order chi connectivity index (χ0) is 32.6. The number of carboxylic acids is 4. The molecule has 0 spiro atoms. The molecule has 0 aliphatic carbocycles. The van der Waals surface area contributed by atoms with Crippen molar-refractivity contribution in [3.63, 3.8) is 0 Å². The Hall–Kier alpha value is -4.18. The topological polar surface area (TPSA) is 273 Å². The Morgan fingerprint density at radius 2 is 1.12 bits per heavy atom. The van der Waals surface area contributed by atoms with E-state index in [1.165, 1.54) is 25.1 Å². The van der Waals surface area contributed by atoms with Crippen LogP contribution in [0.15, 0.2) is 36.4 Å². The molecule has 41 heavy (non-hydrogen) atoms. The average Bonchev–Trinajstić information content (AvgIpc) is 3.30. The van der Waals surface area contributed by atoms with Crippen LogP contribution in [0.5, 0.6) is 0 Å². The van der Waals surface area contributed by atoms with Gasteiger partial charge in [0.25, 0.3) is 0 Å². The lowest BCUT2D eigenvalue weighted by Crippen LogP contribution is -2.20. The lowest BCUT2D eigenvalue weighted by molar-refractivity contribution is -0.150. The van der Waals surface area contributed by atoms with Crippen molar-refractivity contribution in [3.05, 3.63) is 47.5 Å². The number of aliphatic carboxylic acids is 2. The molecule has 0 saturated heterocycles. The summed E-state index contributed by atoms with van der Waals surface area (Å²) in [6, 6.07) is 5.20. The van der Waals surface area contributed by atoms with E-state index in [0.717, 1.165) is 18.2 Å². The molecule has 1 heterocycles. The van der Waals surface area contributed by atoms with Gasteiger partial charge in [0.2, 0.25) is 0 Å². The minimum Gasteiger partial charge on any atom is -0.481 e. The van der Waals surface area contributed by atoms with Crippen molar-refractivity contribution in [3.8, 4) is 0 Å². The number of rotatable bonds is 10. The third-order valence-electron chi connectivity index (χ3n) is 4.06. The van der Waals surface area contributed by atoms with Gasteiger partial charge < -0.3 is 45.6 Å². The molecule has 0 fully saturated rings. The highest BCUT2D eigenvalue weighted by Gasteiger charge is 2.13. The zero-order valence-electron chi connectivity index (χ0n) is 22.9. The summed E-state index contributed by atoms with van der Waals surface area (Å²) in [4.78, 5) is 60.4. The van der Waals surface area contributed by atoms with Crippen molar-refractivity contribution in [1.82, 2.24) is 0 Å². The van der Waals surface area contributed by atoms with Gasteiger partial charge in [-0.25, -0.2) is 19.2 Å². The number of unbranched alkanes of at least 4 members (excludes halogenated alkanes) is 1. The van der Waals surface area contributed by atoms with Crippen molar-refractivity contribution in [1.29, 1.82) is 0 Å². The standard InChI is InChI=1S/C8H6O4.C6H10O4.C5H12O2.C4H2O3.C3H8O2/c9-7(10)5-2-1-3-6(4-5)8(11)12;7-5(8)3-1-2-4-6(9)10;1-5(2,3-6)4-7;5-3-1-2-4(6)7-3;1-3(5)2-4/h1-4H,(H,9,10)(H,11,12);1-4H2,(H,7,8)(H,9,10);6-7H,3-4H2,1-2H3;1-2H;3-5H,2H2,1H3. The van der Waals surface area contributed by atoms with Gasteiger partial charge in [0.05, 0.1) is 37.1 Å². The Labute approximate surface area is 235 Å². The maximum absolute atomic E-state index is 10.4. The summed E-state index contributed by atoms with van der Waals surface area (Å²) in [5.74, 6) is -5.15. The average molecular weight is 591 g/mol. The van der Waals surface area contributed by atoms with Crippen LogP contribution in [0.2, 0.25) is 0 Å². The first kappa shape index (κ1) is 41.3. The van der Waals surface area contributed by atoms with E-state index in [0.29, 0.717) is 12.8 Å². The van der Waals surface area contributed by atoms with Gasteiger partial charge in [-0.3, -0.25) is 9.59 Å². The number of esters is 2. The number of aromatic carboxylic acids is 2. The fourth-order valence-corrected chi connectivity index (χ4v) is 1.69. The van der Waals surface area contributed by atoms with E-state index in [1.54, 1.807) is 13.8 Å². The Morgan fingerprint density at radius 3 is 1.29 bits per heavy atom. The quantitative estimate of drug-likeness (QED) is 0.106. The van der Waals surface area contributed by atoms with Crippen LogP contribution in [0.25, 0.3) is 0 Å². The first-order valence-electron chi connectivity index (χ1n) is 11.9. The number of aliphatic hydroxyl groups is 4. The molecule has 2 rings (SSSR count). The number of carboxylic acid groups (broad SMARTS) is 4. The van der Waals surface area contributed by atoms with E-state index in [-0.39, 0.29) is 49.2 Å². The predicted molar refractivity (Wildman–Crippen MR) is 141 cm³/mol. The van der Waals surface area contributed by atoms with Crippen LogP contribution in [-0.2, 0) is 23.9 Å². The van der Waals surface area contributed by atoms with Crippen LogP contribution in [0.1, 0.15) is 67.2 Å². The predicted octanol–water partition coefficient (Wildman–Crippen LogP) is 0.782. The number of carbonyl (C=O) groups is 6. The molecule has 15 nitrogen and oxygen atoms in total. The summed E-state index contributed by atoms with van der Waals surface area (Å²) in [7, 11) is 0. The minimum atomic E-state index is -1.13. The molecule has 0 aromatic heterocycles. The molecule has 1 aromatic carbocycles. The molecule has 8 N–H and O–H groups in total. The molecule has 1 atom stereocenters. The summed E-state index contributed by atoms with van der Waals surface area (Å²) < 4.78 is 3.97. The SMILES string of the molecule is CC(C)(CO)CO.CC(O)CO.O=C(O)CCCCC(=O)O.O=C(O)c1cccc(C(=O)O)c1.O=C1C=CC(=O)O1. The van der Waals surface area contributed by atoms with Gasteiger partial charge in [0, 0.05) is 30.4 Å². The van der Waals surface area contributed by atoms with E-state index < -0.39 is 41.9 Å². The summed E-state index contributed by atoms with van der Waals surface area (Å²) in [6.45, 7) is 5.08. The molecule has 1 aromatic rings. The van der Waals surface area contributed by atoms with Crippen molar-refractivity contribution in [2.24, 2.45) is 5.41 Å². The molecule has 0 radical (unpaired) electrons. The molecule has 1 unspecified atom stereocenters. The molecule has 1 aliphatic rings.